The van der Waals surface area contributed by atoms with E-state index >= 15 is 0 Å². The fourth-order valence-corrected chi connectivity index (χ4v) is 3.77. The molecule has 1 aliphatic carbocycles. The smallest absolute Gasteiger partial charge is 0.0772 e. The molecule has 1 aromatic rings. The van der Waals surface area contributed by atoms with Gasteiger partial charge in [-0.2, -0.15) is 0 Å². The summed E-state index contributed by atoms with van der Waals surface area (Å²) < 4.78 is 0. The number of anilines is 1. The summed E-state index contributed by atoms with van der Waals surface area (Å²) in [5.41, 5.74) is 8.17. The first-order chi connectivity index (χ1) is 8.90. The van der Waals surface area contributed by atoms with Gasteiger partial charge >= 0.3 is 0 Å². The van der Waals surface area contributed by atoms with E-state index < -0.39 is 0 Å². The van der Waals surface area contributed by atoms with Crippen molar-refractivity contribution in [2.24, 2.45) is 11.7 Å². The zero-order valence-electron chi connectivity index (χ0n) is 11.0. The van der Waals surface area contributed by atoms with Gasteiger partial charge in [-0.1, -0.05) is 12.8 Å². The molecule has 1 unspecified atom stereocenters. The molecule has 2 N–H and O–H groups in total. The minimum Gasteiger partial charge on any atom is -0.367 e. The maximum Gasteiger partial charge on any atom is 0.0772 e. The van der Waals surface area contributed by atoms with Crippen LogP contribution in [-0.2, 0) is 6.54 Å². The van der Waals surface area contributed by atoms with Gasteiger partial charge in [-0.25, -0.2) is 0 Å². The highest BCUT2D eigenvalue weighted by Crippen LogP contribution is 2.38. The second-order valence-corrected chi connectivity index (χ2v) is 5.62. The molecule has 3 nitrogen and oxygen atoms in total. The van der Waals surface area contributed by atoms with E-state index in [1.54, 1.807) is 0 Å². The van der Waals surface area contributed by atoms with Crippen LogP contribution in [0.4, 0.5) is 5.69 Å². The van der Waals surface area contributed by atoms with E-state index in [1.807, 2.05) is 12.3 Å². The lowest BCUT2D eigenvalue weighted by molar-refractivity contribution is 0.430. The van der Waals surface area contributed by atoms with Crippen LogP contribution in [0.3, 0.4) is 0 Å². The second-order valence-electron chi connectivity index (χ2n) is 5.62. The molecule has 1 aliphatic heterocycles. The van der Waals surface area contributed by atoms with Crippen LogP contribution in [0.25, 0.3) is 0 Å². The molecule has 98 valence electrons. The van der Waals surface area contributed by atoms with E-state index in [9.17, 15) is 0 Å². The van der Waals surface area contributed by atoms with E-state index in [0.717, 1.165) is 17.7 Å². The number of nitrogens with zero attached hydrogens (tertiary/aromatic N) is 2. The number of aromatic nitrogens is 1. The summed E-state index contributed by atoms with van der Waals surface area (Å²) in [6.07, 6.45) is 10.2. The summed E-state index contributed by atoms with van der Waals surface area (Å²) in [5.74, 6) is 0.901. The number of pyridine rings is 1. The topological polar surface area (TPSA) is 42.1 Å². The summed E-state index contributed by atoms with van der Waals surface area (Å²) in [6, 6.07) is 4.98. The molecule has 0 spiro atoms. The molecule has 1 atom stereocenters. The molecule has 2 aliphatic rings. The third-order valence-electron chi connectivity index (χ3n) is 4.61. The van der Waals surface area contributed by atoms with Crippen molar-refractivity contribution in [2.45, 2.75) is 51.1 Å². The van der Waals surface area contributed by atoms with Gasteiger partial charge in [0.2, 0.25) is 0 Å². The Kier molecular flexibility index (Phi) is 3.50. The molecule has 2 heterocycles. The van der Waals surface area contributed by atoms with Gasteiger partial charge in [0.1, 0.15) is 0 Å². The van der Waals surface area contributed by atoms with Crippen LogP contribution < -0.4 is 10.6 Å². The maximum atomic E-state index is 5.83. The molecular formula is C15H23N3. The van der Waals surface area contributed by atoms with Gasteiger partial charge in [0.05, 0.1) is 11.4 Å². The lowest BCUT2D eigenvalue weighted by Crippen LogP contribution is -2.35. The number of nitrogens with two attached hydrogens (primary N) is 1. The Hall–Kier alpha value is -1.09. The number of hydrogen-bond donors (Lipinski definition) is 1. The van der Waals surface area contributed by atoms with Crippen molar-refractivity contribution in [3.05, 3.63) is 24.0 Å². The molecule has 0 bridgehead atoms. The maximum absolute atomic E-state index is 5.83. The average Bonchev–Trinajstić information content (AvgIpc) is 3.09. The van der Waals surface area contributed by atoms with Crippen molar-refractivity contribution < 1.29 is 0 Å². The van der Waals surface area contributed by atoms with Crippen molar-refractivity contribution in [1.82, 2.24) is 4.98 Å². The molecule has 2 fully saturated rings. The molecule has 0 radical (unpaired) electrons. The Labute approximate surface area is 109 Å². The average molecular weight is 245 g/mol. The Morgan fingerprint density at radius 3 is 2.83 bits per heavy atom. The molecule has 0 aromatic carbocycles. The molecule has 3 rings (SSSR count). The van der Waals surface area contributed by atoms with Gasteiger partial charge in [0.25, 0.3) is 0 Å². The summed E-state index contributed by atoms with van der Waals surface area (Å²) in [7, 11) is 0. The van der Waals surface area contributed by atoms with Crippen LogP contribution in [-0.4, -0.2) is 17.6 Å². The van der Waals surface area contributed by atoms with Gasteiger partial charge < -0.3 is 10.6 Å². The van der Waals surface area contributed by atoms with Crippen LogP contribution in [0, 0.1) is 5.92 Å². The summed E-state index contributed by atoms with van der Waals surface area (Å²) in [6.45, 7) is 1.73. The number of rotatable bonds is 3. The van der Waals surface area contributed by atoms with Crippen molar-refractivity contribution in [1.29, 1.82) is 0 Å². The van der Waals surface area contributed by atoms with Crippen LogP contribution in [0.15, 0.2) is 18.3 Å². The first kappa shape index (κ1) is 12.0. The summed E-state index contributed by atoms with van der Waals surface area (Å²) in [5, 5.41) is 0. The van der Waals surface area contributed by atoms with Gasteiger partial charge in [0.15, 0.2) is 0 Å². The van der Waals surface area contributed by atoms with E-state index in [-0.39, 0.29) is 0 Å². The predicted molar refractivity (Wildman–Crippen MR) is 74.5 cm³/mol. The predicted octanol–water partition coefficient (Wildman–Crippen LogP) is 2.70. The van der Waals surface area contributed by atoms with Crippen molar-refractivity contribution in [3.63, 3.8) is 0 Å². The quantitative estimate of drug-likeness (QED) is 0.890. The van der Waals surface area contributed by atoms with Crippen molar-refractivity contribution in [3.8, 4) is 0 Å². The standard InChI is InChI=1S/C15H23N3/c16-11-13-15(7-3-9-17-13)18-10-4-8-14(18)12-5-1-2-6-12/h3,7,9,12,14H,1-2,4-6,8,10-11,16H2. The van der Waals surface area contributed by atoms with Gasteiger partial charge in [0, 0.05) is 25.3 Å². The fourth-order valence-electron chi connectivity index (χ4n) is 3.77. The zero-order chi connectivity index (χ0) is 12.4. The highest BCUT2D eigenvalue weighted by Gasteiger charge is 2.34. The van der Waals surface area contributed by atoms with Gasteiger partial charge in [-0.3, -0.25) is 4.98 Å². The first-order valence-corrected chi connectivity index (χ1v) is 7.31. The third kappa shape index (κ3) is 2.12. The van der Waals surface area contributed by atoms with Gasteiger partial charge in [-0.05, 0) is 43.7 Å². The van der Waals surface area contributed by atoms with Crippen molar-refractivity contribution in [2.75, 3.05) is 11.4 Å². The number of hydrogen-bond acceptors (Lipinski definition) is 3. The molecule has 0 amide bonds. The zero-order valence-corrected chi connectivity index (χ0v) is 11.0. The summed E-state index contributed by atoms with van der Waals surface area (Å²) in [4.78, 5) is 7.02. The first-order valence-electron chi connectivity index (χ1n) is 7.31. The van der Waals surface area contributed by atoms with E-state index in [0.29, 0.717) is 6.54 Å². The molecular weight excluding hydrogens is 222 g/mol. The lowest BCUT2D eigenvalue weighted by Gasteiger charge is -2.32. The Morgan fingerprint density at radius 1 is 1.22 bits per heavy atom. The summed E-state index contributed by atoms with van der Waals surface area (Å²) >= 11 is 0. The minimum atomic E-state index is 0.546. The SMILES string of the molecule is NCc1ncccc1N1CCCC1C1CCCC1. The largest absolute Gasteiger partial charge is 0.367 e. The Bertz CT molecular complexity index is 398. The second kappa shape index (κ2) is 5.27. The lowest BCUT2D eigenvalue weighted by atomic mass is 9.95. The van der Waals surface area contributed by atoms with E-state index in [2.05, 4.69) is 16.0 Å². The fraction of sp³-hybridized carbons (Fsp3) is 0.667. The van der Waals surface area contributed by atoms with Crippen molar-refractivity contribution >= 4 is 5.69 Å². The van der Waals surface area contributed by atoms with Crippen LogP contribution in [0.1, 0.15) is 44.2 Å². The normalized spacial score (nSPS) is 24.9. The van der Waals surface area contributed by atoms with Crippen LogP contribution >= 0.6 is 0 Å². The molecule has 3 heteroatoms. The molecule has 18 heavy (non-hydrogen) atoms. The van der Waals surface area contributed by atoms with E-state index in [4.69, 9.17) is 5.73 Å². The Balaban J connectivity index is 1.85. The molecule has 1 aromatic heterocycles. The Morgan fingerprint density at radius 2 is 2.06 bits per heavy atom. The highest BCUT2D eigenvalue weighted by atomic mass is 15.2. The minimum absolute atomic E-state index is 0.546. The van der Waals surface area contributed by atoms with Gasteiger partial charge in [-0.15, -0.1) is 0 Å². The van der Waals surface area contributed by atoms with Crippen LogP contribution in [0.5, 0.6) is 0 Å². The monoisotopic (exact) mass is 245 g/mol. The van der Waals surface area contributed by atoms with Crippen LogP contribution in [0.2, 0.25) is 0 Å². The highest BCUT2D eigenvalue weighted by molar-refractivity contribution is 5.52. The third-order valence-corrected chi connectivity index (χ3v) is 4.61. The molecule has 1 saturated heterocycles. The molecule has 1 saturated carbocycles. The van der Waals surface area contributed by atoms with E-state index in [1.165, 1.54) is 50.8 Å².